The Hall–Kier alpha value is -8.16. The number of carbonyl (C=O) groups is 3. The molecule has 24 heteroatoms. The monoisotopic (exact) mass is 1240 g/mol. The maximum atomic E-state index is 16.9. The number of amides is 3. The van der Waals surface area contributed by atoms with Crippen LogP contribution in [0.5, 0.6) is 11.8 Å². The van der Waals surface area contributed by atoms with Crippen molar-refractivity contribution in [3.8, 4) is 44.6 Å². The van der Waals surface area contributed by atoms with Crippen molar-refractivity contribution in [1.29, 1.82) is 0 Å². The van der Waals surface area contributed by atoms with Gasteiger partial charge in [0.15, 0.2) is 12.0 Å². The zero-order valence-electron chi connectivity index (χ0n) is 50.7. The summed E-state index contributed by atoms with van der Waals surface area (Å²) in [5, 5.41) is 49.9. The van der Waals surface area contributed by atoms with E-state index in [0.717, 1.165) is 70.1 Å². The normalized spacial score (nSPS) is 21.9. The van der Waals surface area contributed by atoms with Crippen LogP contribution in [-0.4, -0.2) is 159 Å². The zero-order chi connectivity index (χ0) is 62.1. The molecule has 4 aromatic carbocycles. The number of nitrogens with zero attached hydrogens (tertiary/aromatic N) is 11. The second-order valence-electron chi connectivity index (χ2n) is 25.2. The van der Waals surface area contributed by atoms with E-state index in [1.807, 2.05) is 75.5 Å². The number of rotatable bonds is 18. The number of carbonyl (C=O) groups excluding carboxylic acids is 2. The SMILES string of the molecule is Cc1ncsc1-c1ccc([C@H](CO)NC(=O)[C@@H]2C[C@@H](O)CN2C(=O)[C@H](C(C)C)n2cc(-c3ccc(COc4c(-c5c(C)c(F)cc6c5cnn6C5CCCCO5)c(C5CC5)cc5c(N6C[C@@H]7C[C@H]6CN7C(=O)O)nc(OC6CCOCC6)nc45)cc3)nn2)cc1. The molecule has 9 heterocycles. The number of hydrogen-bond donors (Lipinski definition) is 4. The van der Waals surface area contributed by atoms with Gasteiger partial charge in [0.25, 0.3) is 0 Å². The minimum atomic E-state index is -1.00. The van der Waals surface area contributed by atoms with Crippen molar-refractivity contribution in [2.24, 2.45) is 5.92 Å². The van der Waals surface area contributed by atoms with Gasteiger partial charge in [-0.2, -0.15) is 15.1 Å². The van der Waals surface area contributed by atoms with Crippen molar-refractivity contribution in [3.63, 3.8) is 0 Å². The summed E-state index contributed by atoms with van der Waals surface area (Å²) < 4.78 is 46.1. The van der Waals surface area contributed by atoms with Crippen molar-refractivity contribution >= 4 is 56.9 Å². The number of aromatic nitrogens is 8. The standard InChI is InChI=1S/C66H73FN12O10S/c1-35(2)59(64(83)77-30-45(81)24-54(77)63(82)70-52(32-80)41-14-16-42(17-15-41)61-37(4)68-34-90-61)78-31-51(73-74-78)40-10-8-38(9-11-40)33-88-60-57(56-36(3)50(67)26-53-49(56)27-69-79(53)55-7-5-6-20-87-55)47(39-12-13-39)25-48-58(60)71-65(89-46-18-21-86-22-19-46)72-62(48)75-28-44-23-43(75)29-76(44)66(84)85/h8-11,14-17,25-27,31,34-35,39,43-46,52,54-55,59,80-81H,5-7,12-13,18-24,28-30,32-33H2,1-4H3,(H,70,82)(H,84,85)/t43-,44-,45+,52-,54-,55?,59-/m0/s1. The van der Waals surface area contributed by atoms with E-state index in [9.17, 15) is 29.7 Å². The van der Waals surface area contributed by atoms with Crippen molar-refractivity contribution in [3.05, 3.63) is 112 Å². The van der Waals surface area contributed by atoms with Gasteiger partial charge in [-0.3, -0.25) is 9.59 Å². The van der Waals surface area contributed by atoms with Crippen molar-refractivity contribution in [2.45, 2.75) is 147 Å². The molecule has 2 bridgehead atoms. The summed E-state index contributed by atoms with van der Waals surface area (Å²) in [6, 6.07) is 16.2. The number of carboxylic acid groups (broad SMARTS) is 1. The largest absolute Gasteiger partial charge is 0.486 e. The summed E-state index contributed by atoms with van der Waals surface area (Å²) in [4.78, 5) is 62.1. The molecule has 3 amide bonds. The van der Waals surface area contributed by atoms with Gasteiger partial charge in [0, 0.05) is 79.0 Å². The van der Waals surface area contributed by atoms with E-state index in [0.29, 0.717) is 108 Å². The van der Waals surface area contributed by atoms with Gasteiger partial charge in [-0.1, -0.05) is 67.6 Å². The molecule has 6 aliphatic rings. The Morgan fingerprint density at radius 3 is 2.36 bits per heavy atom. The molecule has 0 radical (unpaired) electrons. The van der Waals surface area contributed by atoms with Crippen molar-refractivity contribution in [1.82, 2.24) is 54.8 Å². The highest BCUT2D eigenvalue weighted by atomic mass is 32.1. The van der Waals surface area contributed by atoms with Gasteiger partial charge in [-0.15, -0.1) is 16.4 Å². The molecule has 4 aromatic heterocycles. The fourth-order valence-corrected chi connectivity index (χ4v) is 14.8. The number of halogens is 1. The molecule has 5 aliphatic heterocycles. The third-order valence-electron chi connectivity index (χ3n) is 18.9. The molecule has 7 atom stereocenters. The number of β-amino-alcohol motifs (C(OH)–C–C–N with tert-alkyl or cyclic N) is 1. The van der Waals surface area contributed by atoms with Crippen LogP contribution in [-0.2, 0) is 25.7 Å². The van der Waals surface area contributed by atoms with Crippen LogP contribution in [0.25, 0.3) is 54.6 Å². The van der Waals surface area contributed by atoms with E-state index in [1.54, 1.807) is 29.4 Å². The second-order valence-corrected chi connectivity index (χ2v) is 26.1. The Morgan fingerprint density at radius 1 is 0.878 bits per heavy atom. The summed E-state index contributed by atoms with van der Waals surface area (Å²) in [6.45, 7) is 9.59. The lowest BCUT2D eigenvalue weighted by atomic mass is 9.88. The van der Waals surface area contributed by atoms with Gasteiger partial charge in [0.2, 0.25) is 11.8 Å². The summed E-state index contributed by atoms with van der Waals surface area (Å²) in [5.74, 6) is -0.389. The van der Waals surface area contributed by atoms with E-state index in [4.69, 9.17) is 34.0 Å². The first-order valence-electron chi connectivity index (χ1n) is 31.4. The van der Waals surface area contributed by atoms with Gasteiger partial charge >= 0.3 is 12.1 Å². The minimum absolute atomic E-state index is 0.0256. The number of ether oxygens (including phenoxy) is 4. The number of piperazine rings is 1. The topological polar surface area (TPSA) is 258 Å². The van der Waals surface area contributed by atoms with E-state index < -0.39 is 48.0 Å². The van der Waals surface area contributed by atoms with Crippen LogP contribution >= 0.6 is 11.3 Å². The van der Waals surface area contributed by atoms with Crippen molar-refractivity contribution in [2.75, 3.05) is 51.0 Å². The first-order chi connectivity index (χ1) is 43.7. The third kappa shape index (κ3) is 11.3. The number of likely N-dealkylation sites (tertiary alicyclic amines) is 2. The van der Waals surface area contributed by atoms with Crippen molar-refractivity contribution < 1.29 is 53.0 Å². The maximum absolute atomic E-state index is 16.9. The van der Waals surface area contributed by atoms with Crippen LogP contribution in [0.2, 0.25) is 0 Å². The lowest BCUT2D eigenvalue weighted by molar-refractivity contribution is -0.142. The van der Waals surface area contributed by atoms with Crippen LogP contribution in [0, 0.1) is 25.6 Å². The number of hydrogen-bond acceptors (Lipinski definition) is 17. The van der Waals surface area contributed by atoms with E-state index in [1.165, 1.54) is 25.8 Å². The number of fused-ring (bicyclic) bond motifs is 4. The average Bonchev–Trinajstić information content (AvgIpc) is 1.36. The zero-order valence-corrected chi connectivity index (χ0v) is 51.5. The fourth-order valence-electron chi connectivity index (χ4n) is 14.0. The van der Waals surface area contributed by atoms with Gasteiger partial charge in [0.1, 0.15) is 47.6 Å². The first kappa shape index (κ1) is 59.5. The minimum Gasteiger partial charge on any atom is -0.486 e. The van der Waals surface area contributed by atoms with Crippen LogP contribution in [0.15, 0.2) is 78.6 Å². The Bertz CT molecular complexity index is 4010. The summed E-state index contributed by atoms with van der Waals surface area (Å²) in [7, 11) is 0. The number of aliphatic hydroxyl groups excluding tert-OH is 2. The number of nitrogens with one attached hydrogen (secondary N) is 1. The van der Waals surface area contributed by atoms with Crippen LogP contribution in [0.1, 0.15) is 124 Å². The highest BCUT2D eigenvalue weighted by Crippen LogP contribution is 2.54. The summed E-state index contributed by atoms with van der Waals surface area (Å²) in [6.07, 6.45) is 7.53. The Kier molecular flexibility index (Phi) is 16.2. The highest BCUT2D eigenvalue weighted by Gasteiger charge is 2.48. The molecule has 0 spiro atoms. The van der Waals surface area contributed by atoms with E-state index in [2.05, 4.69) is 31.6 Å². The first-order valence-corrected chi connectivity index (χ1v) is 32.3. The van der Waals surface area contributed by atoms with Crippen LogP contribution in [0.3, 0.4) is 0 Å². The number of aryl methyl sites for hydroxylation is 1. The molecule has 1 aliphatic carbocycles. The predicted octanol–water partition coefficient (Wildman–Crippen LogP) is 9.45. The number of benzene rings is 4. The highest BCUT2D eigenvalue weighted by molar-refractivity contribution is 7.13. The smallest absolute Gasteiger partial charge is 0.407 e. The second kappa shape index (κ2) is 24.6. The van der Waals surface area contributed by atoms with Gasteiger partial charge in [-0.25, -0.2) is 23.5 Å². The van der Waals surface area contributed by atoms with Crippen LogP contribution in [0.4, 0.5) is 15.0 Å². The Labute approximate surface area is 522 Å². The lowest BCUT2D eigenvalue weighted by Crippen LogP contribution is -2.50. The molecule has 8 aromatic rings. The van der Waals surface area contributed by atoms with E-state index >= 15 is 4.39 Å². The molecule has 1 saturated carbocycles. The number of aliphatic hydroxyl groups is 2. The fraction of sp³-hybridized carbons (Fsp3) is 0.470. The third-order valence-corrected chi connectivity index (χ3v) is 19.9. The number of anilines is 1. The lowest BCUT2D eigenvalue weighted by Gasteiger charge is -2.34. The molecule has 4 N–H and O–H groups in total. The van der Waals surface area contributed by atoms with Gasteiger partial charge < -0.3 is 54.3 Å². The maximum Gasteiger partial charge on any atom is 0.407 e. The molecule has 22 nitrogen and oxygen atoms in total. The molecule has 470 valence electrons. The molecule has 90 heavy (non-hydrogen) atoms. The molecular weight excluding hydrogens is 1170 g/mol. The predicted molar refractivity (Wildman–Crippen MR) is 333 cm³/mol. The van der Waals surface area contributed by atoms with E-state index in [-0.39, 0.29) is 68.4 Å². The molecule has 5 saturated heterocycles. The Morgan fingerprint density at radius 2 is 1.67 bits per heavy atom. The number of thiazole rings is 1. The average molecular weight is 1250 g/mol. The summed E-state index contributed by atoms with van der Waals surface area (Å²) >= 11 is 1.53. The quantitative estimate of drug-likeness (QED) is 0.0623. The van der Waals surface area contributed by atoms with Crippen LogP contribution < -0.4 is 19.7 Å². The molecular formula is C66H73FN12O10S. The molecule has 6 fully saturated rings. The molecule has 1 unspecified atom stereocenters. The van der Waals surface area contributed by atoms with Gasteiger partial charge in [-0.05, 0) is 98.1 Å². The van der Waals surface area contributed by atoms with Gasteiger partial charge in [0.05, 0.1) is 78.0 Å². The Balaban J connectivity index is 0.778. The molecule has 14 rings (SSSR count). The summed E-state index contributed by atoms with van der Waals surface area (Å²) in [5.41, 5.74) is 10.3.